The highest BCUT2D eigenvalue weighted by Gasteiger charge is 2.15. The lowest BCUT2D eigenvalue weighted by atomic mass is 10.00. The molecule has 0 saturated carbocycles. The third-order valence-corrected chi connectivity index (χ3v) is 8.53. The summed E-state index contributed by atoms with van der Waals surface area (Å²) in [6, 6.07) is 15.1. The van der Waals surface area contributed by atoms with Gasteiger partial charge in [-0.1, -0.05) is 104 Å². The number of ketones is 2. The van der Waals surface area contributed by atoms with Crippen LogP contribution in [0.15, 0.2) is 47.5 Å². The first kappa shape index (κ1) is 43.6. The minimum absolute atomic E-state index is 0.144. The Kier molecular flexibility index (Phi) is 21.3. The molecule has 2 aromatic carbocycles. The molecular formula is C44H60N2O6. The maximum Gasteiger partial charge on any atom is 0.175 e. The van der Waals surface area contributed by atoms with Gasteiger partial charge in [0.25, 0.3) is 0 Å². The van der Waals surface area contributed by atoms with Crippen molar-refractivity contribution in [1.29, 1.82) is 10.5 Å². The fourth-order valence-corrected chi connectivity index (χ4v) is 5.61. The molecule has 52 heavy (non-hydrogen) atoms. The van der Waals surface area contributed by atoms with E-state index in [9.17, 15) is 20.1 Å². The standard InChI is InChI=1S/C44H60N2O6/c1-7-49-41-29-35(27-37(31-45)43(47)33(3)4)21-23-39(41)51-25-19-17-15-13-11-9-10-12-14-16-18-20-26-52-40-24-22-36(30-42(40)50-8-2)28-38(32-46)44(48)34(5)6/h21-24,27-30,33-34H,7-20,25-26H2,1-6H3. The maximum absolute atomic E-state index is 12.3. The molecule has 0 aromatic heterocycles. The van der Waals surface area contributed by atoms with Crippen LogP contribution in [-0.2, 0) is 9.59 Å². The summed E-state index contributed by atoms with van der Waals surface area (Å²) < 4.78 is 23.6. The molecule has 0 fully saturated rings. The summed E-state index contributed by atoms with van der Waals surface area (Å²) in [5.74, 6) is 1.81. The van der Waals surface area contributed by atoms with E-state index in [2.05, 4.69) is 0 Å². The average Bonchev–Trinajstić information content (AvgIpc) is 3.13. The zero-order valence-electron chi connectivity index (χ0n) is 32.4. The summed E-state index contributed by atoms with van der Waals surface area (Å²) in [6.45, 7) is 13.2. The lowest BCUT2D eigenvalue weighted by Crippen LogP contribution is -2.08. The third-order valence-electron chi connectivity index (χ3n) is 8.53. The molecule has 0 heterocycles. The molecule has 282 valence electrons. The number of nitriles is 2. The van der Waals surface area contributed by atoms with Gasteiger partial charge < -0.3 is 18.9 Å². The normalized spacial score (nSPS) is 11.7. The van der Waals surface area contributed by atoms with Crippen LogP contribution < -0.4 is 18.9 Å². The summed E-state index contributed by atoms with van der Waals surface area (Å²) in [4.78, 5) is 24.5. The Morgan fingerprint density at radius 3 is 1.15 bits per heavy atom. The van der Waals surface area contributed by atoms with Crippen molar-refractivity contribution in [3.8, 4) is 35.1 Å². The van der Waals surface area contributed by atoms with Crippen molar-refractivity contribution >= 4 is 23.7 Å². The van der Waals surface area contributed by atoms with Gasteiger partial charge in [-0.2, -0.15) is 10.5 Å². The second-order valence-corrected chi connectivity index (χ2v) is 13.6. The molecule has 8 nitrogen and oxygen atoms in total. The lowest BCUT2D eigenvalue weighted by Gasteiger charge is -2.13. The maximum atomic E-state index is 12.3. The Morgan fingerprint density at radius 2 is 0.865 bits per heavy atom. The Bertz CT molecular complexity index is 1430. The zero-order chi connectivity index (χ0) is 38.1. The summed E-state index contributed by atoms with van der Waals surface area (Å²) >= 11 is 0. The van der Waals surface area contributed by atoms with Crippen LogP contribution in [0.4, 0.5) is 0 Å². The number of carbonyl (C=O) groups is 2. The number of Topliss-reactive ketones (excluding diaryl/α,β-unsaturated/α-hetero) is 2. The van der Waals surface area contributed by atoms with E-state index in [1.54, 1.807) is 39.8 Å². The summed E-state index contributed by atoms with van der Waals surface area (Å²) in [6.07, 6.45) is 17.4. The smallest absolute Gasteiger partial charge is 0.175 e. The molecule has 0 unspecified atom stereocenters. The summed E-state index contributed by atoms with van der Waals surface area (Å²) in [7, 11) is 0. The second kappa shape index (κ2) is 25.4. The van der Waals surface area contributed by atoms with Crippen LogP contribution in [0.3, 0.4) is 0 Å². The van der Waals surface area contributed by atoms with Gasteiger partial charge in [0.15, 0.2) is 34.6 Å². The molecule has 8 heteroatoms. The summed E-state index contributed by atoms with van der Waals surface area (Å²) in [5, 5.41) is 18.8. The number of benzene rings is 2. The first-order valence-corrected chi connectivity index (χ1v) is 19.3. The number of unbranched alkanes of at least 4 members (excludes halogenated alkanes) is 11. The number of carbonyl (C=O) groups excluding carboxylic acids is 2. The SMILES string of the molecule is CCOc1cc(C=C(C#N)C(=O)C(C)C)ccc1OCCCCCCCCCCCCCCOc1ccc(C=C(C#N)C(=O)C(C)C)cc1OCC. The molecule has 2 aromatic rings. The number of hydrogen-bond acceptors (Lipinski definition) is 8. The predicted octanol–water partition coefficient (Wildman–Crippen LogP) is 10.9. The van der Waals surface area contributed by atoms with Crippen LogP contribution in [0.5, 0.6) is 23.0 Å². The van der Waals surface area contributed by atoms with Crippen LogP contribution >= 0.6 is 0 Å². The minimum Gasteiger partial charge on any atom is -0.490 e. The van der Waals surface area contributed by atoms with E-state index < -0.39 is 0 Å². The molecule has 0 aliphatic carbocycles. The van der Waals surface area contributed by atoms with Crippen LogP contribution in [0.1, 0.15) is 130 Å². The monoisotopic (exact) mass is 712 g/mol. The molecule has 0 aliphatic heterocycles. The molecule has 2 rings (SSSR count). The fraction of sp³-hybridized carbons (Fsp3) is 0.545. The van der Waals surface area contributed by atoms with Crippen molar-refractivity contribution in [2.75, 3.05) is 26.4 Å². The van der Waals surface area contributed by atoms with Gasteiger partial charge in [-0.3, -0.25) is 9.59 Å². The van der Waals surface area contributed by atoms with Crippen molar-refractivity contribution in [2.45, 2.75) is 119 Å². The molecule has 0 atom stereocenters. The topological polar surface area (TPSA) is 119 Å². The highest BCUT2D eigenvalue weighted by atomic mass is 16.5. The van der Waals surface area contributed by atoms with Gasteiger partial charge in [-0.15, -0.1) is 0 Å². The first-order valence-electron chi connectivity index (χ1n) is 19.3. The van der Waals surface area contributed by atoms with Crippen molar-refractivity contribution in [2.24, 2.45) is 11.8 Å². The molecular weight excluding hydrogens is 652 g/mol. The molecule has 0 radical (unpaired) electrons. The van der Waals surface area contributed by atoms with Gasteiger partial charge in [0.05, 0.1) is 37.6 Å². The van der Waals surface area contributed by atoms with Crippen molar-refractivity contribution in [1.82, 2.24) is 0 Å². The molecule has 0 saturated heterocycles. The van der Waals surface area contributed by atoms with E-state index in [1.165, 1.54) is 51.4 Å². The van der Waals surface area contributed by atoms with E-state index in [1.807, 2.05) is 62.4 Å². The van der Waals surface area contributed by atoms with Crippen LogP contribution in [-0.4, -0.2) is 38.0 Å². The molecule has 0 N–H and O–H groups in total. The van der Waals surface area contributed by atoms with E-state index in [0.29, 0.717) is 49.4 Å². The fourth-order valence-electron chi connectivity index (χ4n) is 5.61. The van der Waals surface area contributed by atoms with Gasteiger partial charge in [0.1, 0.15) is 12.1 Å². The highest BCUT2D eigenvalue weighted by molar-refractivity contribution is 6.04. The van der Waals surface area contributed by atoms with Crippen LogP contribution in [0, 0.1) is 34.5 Å². The van der Waals surface area contributed by atoms with Crippen molar-refractivity contribution < 1.29 is 28.5 Å². The Hall–Kier alpha value is -4.56. The quantitative estimate of drug-likeness (QED) is 0.0510. The summed E-state index contributed by atoms with van der Waals surface area (Å²) in [5.41, 5.74) is 1.77. The average molecular weight is 713 g/mol. The number of hydrogen-bond donors (Lipinski definition) is 0. The first-order chi connectivity index (χ1) is 25.1. The Morgan fingerprint density at radius 1 is 0.538 bits per heavy atom. The van der Waals surface area contributed by atoms with E-state index >= 15 is 0 Å². The zero-order valence-corrected chi connectivity index (χ0v) is 32.4. The van der Waals surface area contributed by atoms with E-state index in [4.69, 9.17) is 18.9 Å². The van der Waals surface area contributed by atoms with Gasteiger partial charge in [-0.05, 0) is 74.2 Å². The van der Waals surface area contributed by atoms with Crippen LogP contribution in [0.25, 0.3) is 12.2 Å². The van der Waals surface area contributed by atoms with Crippen LogP contribution in [0.2, 0.25) is 0 Å². The lowest BCUT2D eigenvalue weighted by molar-refractivity contribution is -0.118. The molecule has 0 bridgehead atoms. The van der Waals surface area contributed by atoms with Crippen molar-refractivity contribution in [3.63, 3.8) is 0 Å². The molecule has 0 aliphatic rings. The van der Waals surface area contributed by atoms with E-state index in [-0.39, 0.29) is 34.5 Å². The predicted molar refractivity (Wildman–Crippen MR) is 208 cm³/mol. The van der Waals surface area contributed by atoms with Gasteiger partial charge >= 0.3 is 0 Å². The number of rotatable bonds is 27. The van der Waals surface area contributed by atoms with Crippen molar-refractivity contribution in [3.05, 3.63) is 58.7 Å². The largest absolute Gasteiger partial charge is 0.490 e. The third kappa shape index (κ3) is 16.2. The Labute approximate surface area is 312 Å². The number of ether oxygens (including phenoxy) is 4. The Balaban J connectivity index is 1.57. The second-order valence-electron chi connectivity index (χ2n) is 13.6. The van der Waals surface area contributed by atoms with Gasteiger partial charge in [0.2, 0.25) is 0 Å². The van der Waals surface area contributed by atoms with Gasteiger partial charge in [0, 0.05) is 11.8 Å². The minimum atomic E-state index is -0.233. The van der Waals surface area contributed by atoms with Gasteiger partial charge in [-0.25, -0.2) is 0 Å². The number of nitrogens with zero attached hydrogens (tertiary/aromatic N) is 2. The molecule has 0 spiro atoms. The highest BCUT2D eigenvalue weighted by Crippen LogP contribution is 2.31. The van der Waals surface area contributed by atoms with E-state index in [0.717, 1.165) is 36.8 Å². The number of allylic oxidation sites excluding steroid dienone is 2. The molecule has 0 amide bonds.